The summed E-state index contributed by atoms with van der Waals surface area (Å²) in [6.07, 6.45) is 0.629. The van der Waals surface area contributed by atoms with Crippen molar-refractivity contribution >= 4 is 34.2 Å². The number of carbonyl (C=O) groups excluding carboxylic acids is 2. The molecule has 0 aliphatic carbocycles. The molecule has 0 bridgehead atoms. The van der Waals surface area contributed by atoms with Gasteiger partial charge in [-0.2, -0.15) is 5.10 Å². The van der Waals surface area contributed by atoms with E-state index in [9.17, 15) is 9.59 Å². The number of carbonyl (C=O) groups is 2. The molecule has 0 atom stereocenters. The van der Waals surface area contributed by atoms with E-state index in [1.165, 1.54) is 0 Å². The maximum absolute atomic E-state index is 12.2. The van der Waals surface area contributed by atoms with Gasteiger partial charge in [0.05, 0.1) is 11.0 Å². The smallest absolute Gasteiger partial charge is 0.271 e. The number of rotatable bonds is 3. The van der Waals surface area contributed by atoms with Crippen molar-refractivity contribution in [3.8, 4) is 0 Å². The first-order chi connectivity index (χ1) is 11.0. The molecule has 0 radical (unpaired) electrons. The van der Waals surface area contributed by atoms with Gasteiger partial charge in [-0.25, -0.2) is 10.4 Å². The fourth-order valence-electron chi connectivity index (χ4n) is 2.65. The third-order valence-corrected chi connectivity index (χ3v) is 3.86. The summed E-state index contributed by atoms with van der Waals surface area (Å²) in [4.78, 5) is 27.9. The predicted octanol–water partition coefficient (Wildman–Crippen LogP) is 1.90. The maximum atomic E-state index is 12.2. The number of hydrazone groups is 1. The van der Waals surface area contributed by atoms with Crippen LogP contribution in [0.4, 0.5) is 5.69 Å². The number of hydrogen-bond donors (Lipinski definition) is 2. The Labute approximate surface area is 133 Å². The predicted molar refractivity (Wildman–Crippen MR) is 88.2 cm³/mol. The van der Waals surface area contributed by atoms with E-state index >= 15 is 0 Å². The lowest BCUT2D eigenvalue weighted by Gasteiger charge is -2.12. The minimum Gasteiger partial charge on any atom is -0.331 e. The van der Waals surface area contributed by atoms with Crippen LogP contribution in [0.3, 0.4) is 0 Å². The van der Waals surface area contributed by atoms with Gasteiger partial charge in [0.15, 0.2) is 0 Å². The number of hydrogen-bond acceptors (Lipinski definition) is 4. The quantitative estimate of drug-likeness (QED) is 0.907. The molecule has 7 nitrogen and oxygen atoms in total. The van der Waals surface area contributed by atoms with Gasteiger partial charge in [-0.15, -0.1) is 0 Å². The third kappa shape index (κ3) is 2.94. The van der Waals surface area contributed by atoms with Crippen LogP contribution in [-0.2, 0) is 16.6 Å². The number of nitrogens with one attached hydrogen (secondary N) is 2. The first kappa shape index (κ1) is 15.2. The molecule has 0 saturated carbocycles. The standard InChI is InChI=1S/C16H19N5O2/c1-9(2)15-18-12-8-10(4-6-13(12)21(15)3)17-16(23)11-5-7-14(22)20-19-11/h4,6,8-9H,5,7H2,1-3H3,(H,17,23)(H,20,22). The van der Waals surface area contributed by atoms with Crippen LogP contribution < -0.4 is 10.7 Å². The Balaban J connectivity index is 1.83. The Bertz CT molecular complexity index is 819. The van der Waals surface area contributed by atoms with E-state index in [4.69, 9.17) is 0 Å². The number of fused-ring (bicyclic) bond motifs is 1. The molecule has 2 N–H and O–H groups in total. The van der Waals surface area contributed by atoms with E-state index < -0.39 is 0 Å². The molecule has 3 rings (SSSR count). The zero-order chi connectivity index (χ0) is 16.6. The largest absolute Gasteiger partial charge is 0.331 e. The van der Waals surface area contributed by atoms with Crippen LogP contribution >= 0.6 is 0 Å². The number of nitrogens with zero attached hydrogens (tertiary/aromatic N) is 3. The van der Waals surface area contributed by atoms with Gasteiger partial charge < -0.3 is 9.88 Å². The van der Waals surface area contributed by atoms with E-state index in [-0.39, 0.29) is 18.2 Å². The van der Waals surface area contributed by atoms with Crippen LogP contribution in [0.25, 0.3) is 11.0 Å². The number of anilines is 1. The Morgan fingerprint density at radius 2 is 2.13 bits per heavy atom. The second-order valence-corrected chi connectivity index (χ2v) is 5.93. The molecule has 120 valence electrons. The van der Waals surface area contributed by atoms with Crippen molar-refractivity contribution < 1.29 is 9.59 Å². The van der Waals surface area contributed by atoms with Crippen LogP contribution in [-0.4, -0.2) is 27.1 Å². The average Bonchev–Trinajstić information content (AvgIpc) is 2.84. The molecule has 1 aromatic heterocycles. The van der Waals surface area contributed by atoms with Crippen molar-refractivity contribution in [1.29, 1.82) is 0 Å². The normalized spacial score (nSPS) is 14.8. The molecular formula is C16H19N5O2. The van der Waals surface area contributed by atoms with Gasteiger partial charge in [-0.1, -0.05) is 13.8 Å². The molecule has 1 aliphatic heterocycles. The average molecular weight is 313 g/mol. The fraction of sp³-hybridized carbons (Fsp3) is 0.375. The summed E-state index contributed by atoms with van der Waals surface area (Å²) in [5.74, 6) is 0.857. The lowest BCUT2D eigenvalue weighted by Crippen LogP contribution is -2.32. The number of imidazole rings is 1. The Morgan fingerprint density at radius 3 is 2.78 bits per heavy atom. The van der Waals surface area contributed by atoms with Crippen molar-refractivity contribution in [3.63, 3.8) is 0 Å². The first-order valence-corrected chi connectivity index (χ1v) is 7.59. The maximum Gasteiger partial charge on any atom is 0.271 e. The van der Waals surface area contributed by atoms with Crippen LogP contribution in [0.15, 0.2) is 23.3 Å². The molecule has 0 saturated heterocycles. The van der Waals surface area contributed by atoms with Gasteiger partial charge in [0.25, 0.3) is 5.91 Å². The second-order valence-electron chi connectivity index (χ2n) is 5.93. The molecule has 0 unspecified atom stereocenters. The van der Waals surface area contributed by atoms with E-state index in [1.807, 2.05) is 25.2 Å². The molecule has 2 heterocycles. The Kier molecular flexibility index (Phi) is 3.85. The van der Waals surface area contributed by atoms with Crippen molar-refractivity contribution in [3.05, 3.63) is 24.0 Å². The Hall–Kier alpha value is -2.70. The summed E-state index contributed by atoms with van der Waals surface area (Å²) in [7, 11) is 1.99. The lowest BCUT2D eigenvalue weighted by molar-refractivity contribution is -0.121. The number of amides is 2. The molecule has 23 heavy (non-hydrogen) atoms. The lowest BCUT2D eigenvalue weighted by atomic mass is 10.1. The topological polar surface area (TPSA) is 88.4 Å². The molecule has 2 aromatic rings. The van der Waals surface area contributed by atoms with Crippen LogP contribution in [0.2, 0.25) is 0 Å². The highest BCUT2D eigenvalue weighted by Gasteiger charge is 2.19. The van der Waals surface area contributed by atoms with Crippen LogP contribution in [0.1, 0.15) is 38.4 Å². The molecule has 0 spiro atoms. The first-order valence-electron chi connectivity index (χ1n) is 7.59. The van der Waals surface area contributed by atoms with E-state index in [2.05, 4.69) is 39.2 Å². The zero-order valence-electron chi connectivity index (χ0n) is 13.4. The number of benzene rings is 1. The number of aromatic nitrogens is 2. The minimum atomic E-state index is -0.302. The minimum absolute atomic E-state index is 0.169. The Morgan fingerprint density at radius 1 is 1.35 bits per heavy atom. The third-order valence-electron chi connectivity index (χ3n) is 3.86. The summed E-state index contributed by atoms with van der Waals surface area (Å²) < 4.78 is 2.06. The molecule has 0 fully saturated rings. The molecule has 2 amide bonds. The van der Waals surface area contributed by atoms with E-state index in [0.717, 1.165) is 16.9 Å². The SMILES string of the molecule is CC(C)c1nc2cc(NC(=O)C3=NNC(=O)CC3)ccc2n1C. The summed E-state index contributed by atoms with van der Waals surface area (Å²) in [5.41, 5.74) is 5.18. The summed E-state index contributed by atoms with van der Waals surface area (Å²) in [5, 5.41) is 6.60. The molecule has 1 aromatic carbocycles. The van der Waals surface area contributed by atoms with Gasteiger partial charge in [0, 0.05) is 31.5 Å². The highest BCUT2D eigenvalue weighted by Crippen LogP contribution is 2.23. The zero-order valence-corrected chi connectivity index (χ0v) is 13.4. The van der Waals surface area contributed by atoms with E-state index in [0.29, 0.717) is 23.7 Å². The number of aryl methyl sites for hydroxylation is 1. The summed E-state index contributed by atoms with van der Waals surface area (Å²) in [6.45, 7) is 4.19. The van der Waals surface area contributed by atoms with E-state index in [1.54, 1.807) is 0 Å². The molecule has 1 aliphatic rings. The fourth-order valence-corrected chi connectivity index (χ4v) is 2.65. The summed E-state index contributed by atoms with van der Waals surface area (Å²) in [6, 6.07) is 5.63. The second kappa shape index (κ2) is 5.83. The van der Waals surface area contributed by atoms with Crippen molar-refractivity contribution in [2.24, 2.45) is 12.1 Å². The van der Waals surface area contributed by atoms with Gasteiger partial charge in [0.1, 0.15) is 11.5 Å². The van der Waals surface area contributed by atoms with Crippen molar-refractivity contribution in [2.45, 2.75) is 32.6 Å². The van der Waals surface area contributed by atoms with Gasteiger partial charge >= 0.3 is 0 Å². The highest BCUT2D eigenvalue weighted by molar-refractivity contribution is 6.43. The van der Waals surface area contributed by atoms with Crippen molar-refractivity contribution in [2.75, 3.05) is 5.32 Å². The van der Waals surface area contributed by atoms with Gasteiger partial charge in [-0.3, -0.25) is 9.59 Å². The molecular weight excluding hydrogens is 294 g/mol. The molecule has 7 heteroatoms. The highest BCUT2D eigenvalue weighted by atomic mass is 16.2. The summed E-state index contributed by atoms with van der Waals surface area (Å²) >= 11 is 0. The van der Waals surface area contributed by atoms with Crippen LogP contribution in [0, 0.1) is 0 Å². The van der Waals surface area contributed by atoms with Crippen molar-refractivity contribution in [1.82, 2.24) is 15.0 Å². The van der Waals surface area contributed by atoms with Crippen LogP contribution in [0.5, 0.6) is 0 Å². The monoisotopic (exact) mass is 313 g/mol. The van der Waals surface area contributed by atoms with Gasteiger partial charge in [0.2, 0.25) is 5.91 Å². The van der Waals surface area contributed by atoms with Gasteiger partial charge in [-0.05, 0) is 18.2 Å².